The molecule has 2 heterocycles. The number of hydrogen-bond acceptors (Lipinski definition) is 3. The normalized spacial score (nSPS) is 24.7. The summed E-state index contributed by atoms with van der Waals surface area (Å²) in [6, 6.07) is 3.91. The quantitative estimate of drug-likeness (QED) is 0.604. The van der Waals surface area contributed by atoms with E-state index in [2.05, 4.69) is 23.7 Å². The van der Waals surface area contributed by atoms with Gasteiger partial charge in [0.1, 0.15) is 11.5 Å². The van der Waals surface area contributed by atoms with Gasteiger partial charge in [0.2, 0.25) is 0 Å². The molecule has 2 atom stereocenters. The van der Waals surface area contributed by atoms with Crippen molar-refractivity contribution in [2.75, 3.05) is 18.0 Å². The molecular weight excluding hydrogens is 212 g/mol. The van der Waals surface area contributed by atoms with Gasteiger partial charge in [-0.15, -0.1) is 0 Å². The molecule has 17 heavy (non-hydrogen) atoms. The summed E-state index contributed by atoms with van der Waals surface area (Å²) < 4.78 is 0. The van der Waals surface area contributed by atoms with Crippen LogP contribution in [0.1, 0.15) is 26.0 Å². The molecule has 0 bridgehead atoms. The summed E-state index contributed by atoms with van der Waals surface area (Å²) in [7, 11) is 0. The van der Waals surface area contributed by atoms with Crippen LogP contribution in [0.5, 0.6) is 0 Å². The summed E-state index contributed by atoms with van der Waals surface area (Å²) in [6.07, 6.45) is 3.02. The van der Waals surface area contributed by atoms with Crippen molar-refractivity contribution >= 4 is 11.5 Å². The van der Waals surface area contributed by atoms with Gasteiger partial charge in [0.15, 0.2) is 0 Å². The van der Waals surface area contributed by atoms with Gasteiger partial charge >= 0.3 is 0 Å². The summed E-state index contributed by atoms with van der Waals surface area (Å²) in [6.45, 7) is 6.73. The average Bonchev–Trinajstić information content (AvgIpc) is 2.28. The van der Waals surface area contributed by atoms with E-state index in [0.717, 1.165) is 18.8 Å². The SMILES string of the molecule is CC1CC(C)CN(c2ccnc(C(=N)N)c2)C1. The van der Waals surface area contributed by atoms with Gasteiger partial charge in [-0.2, -0.15) is 0 Å². The Morgan fingerprint density at radius 1 is 1.41 bits per heavy atom. The first kappa shape index (κ1) is 11.9. The fourth-order valence-electron chi connectivity index (χ4n) is 2.64. The largest absolute Gasteiger partial charge is 0.382 e. The lowest BCUT2D eigenvalue weighted by atomic mass is 9.91. The number of anilines is 1. The monoisotopic (exact) mass is 232 g/mol. The zero-order chi connectivity index (χ0) is 12.4. The molecule has 1 aliphatic rings. The number of amidine groups is 1. The van der Waals surface area contributed by atoms with Crippen molar-refractivity contribution in [3.05, 3.63) is 24.0 Å². The highest BCUT2D eigenvalue weighted by Gasteiger charge is 2.22. The molecule has 1 aromatic rings. The van der Waals surface area contributed by atoms with Crippen LogP contribution in [0.3, 0.4) is 0 Å². The lowest BCUT2D eigenvalue weighted by Gasteiger charge is -2.36. The zero-order valence-electron chi connectivity index (χ0n) is 10.5. The minimum atomic E-state index is 0.0324. The van der Waals surface area contributed by atoms with E-state index in [0.29, 0.717) is 17.5 Å². The second-order valence-corrected chi connectivity index (χ2v) is 5.16. The maximum atomic E-state index is 7.42. The van der Waals surface area contributed by atoms with Crippen LogP contribution in [0.25, 0.3) is 0 Å². The van der Waals surface area contributed by atoms with E-state index >= 15 is 0 Å². The maximum absolute atomic E-state index is 7.42. The van der Waals surface area contributed by atoms with E-state index in [4.69, 9.17) is 11.1 Å². The van der Waals surface area contributed by atoms with Gasteiger partial charge in [0.25, 0.3) is 0 Å². The summed E-state index contributed by atoms with van der Waals surface area (Å²) >= 11 is 0. The molecule has 1 aromatic heterocycles. The number of piperidine rings is 1. The Hall–Kier alpha value is -1.58. The van der Waals surface area contributed by atoms with Crippen LogP contribution in [-0.2, 0) is 0 Å². The van der Waals surface area contributed by atoms with Crippen LogP contribution in [0, 0.1) is 17.2 Å². The molecule has 1 fully saturated rings. The Morgan fingerprint density at radius 3 is 2.65 bits per heavy atom. The molecular formula is C13H20N4. The highest BCUT2D eigenvalue weighted by molar-refractivity contribution is 5.93. The molecule has 0 saturated carbocycles. The minimum Gasteiger partial charge on any atom is -0.382 e. The molecule has 92 valence electrons. The number of aromatic nitrogens is 1. The van der Waals surface area contributed by atoms with Gasteiger partial charge in [-0.1, -0.05) is 13.8 Å². The highest BCUT2D eigenvalue weighted by Crippen LogP contribution is 2.26. The fourth-order valence-corrected chi connectivity index (χ4v) is 2.64. The predicted octanol–water partition coefficient (Wildman–Crippen LogP) is 1.85. The van der Waals surface area contributed by atoms with Gasteiger partial charge in [0, 0.05) is 25.0 Å². The molecule has 0 amide bonds. The number of nitrogens with two attached hydrogens (primary N) is 1. The van der Waals surface area contributed by atoms with Crippen LogP contribution in [0.15, 0.2) is 18.3 Å². The van der Waals surface area contributed by atoms with E-state index in [1.54, 1.807) is 6.20 Å². The van der Waals surface area contributed by atoms with Crippen LogP contribution in [0.4, 0.5) is 5.69 Å². The third-order valence-electron chi connectivity index (χ3n) is 3.25. The third-order valence-corrected chi connectivity index (χ3v) is 3.25. The molecule has 0 spiro atoms. The predicted molar refractivity (Wildman–Crippen MR) is 70.4 cm³/mol. The van der Waals surface area contributed by atoms with Crippen LogP contribution >= 0.6 is 0 Å². The topological polar surface area (TPSA) is 66.0 Å². The Labute approximate surface area is 102 Å². The first-order valence-electron chi connectivity index (χ1n) is 6.11. The molecule has 1 aliphatic heterocycles. The lowest BCUT2D eigenvalue weighted by Crippen LogP contribution is -2.38. The fraction of sp³-hybridized carbons (Fsp3) is 0.538. The van der Waals surface area contributed by atoms with E-state index in [1.165, 1.54) is 6.42 Å². The Kier molecular flexibility index (Phi) is 3.31. The Morgan fingerprint density at radius 2 is 2.06 bits per heavy atom. The van der Waals surface area contributed by atoms with Crippen LogP contribution in [-0.4, -0.2) is 23.9 Å². The second kappa shape index (κ2) is 4.73. The second-order valence-electron chi connectivity index (χ2n) is 5.16. The van der Waals surface area contributed by atoms with Gasteiger partial charge < -0.3 is 10.6 Å². The molecule has 0 aromatic carbocycles. The van der Waals surface area contributed by atoms with E-state index in [9.17, 15) is 0 Å². The van der Waals surface area contributed by atoms with Crippen molar-refractivity contribution in [1.82, 2.24) is 4.98 Å². The maximum Gasteiger partial charge on any atom is 0.141 e. The van der Waals surface area contributed by atoms with E-state index in [-0.39, 0.29) is 5.84 Å². The molecule has 4 nitrogen and oxygen atoms in total. The molecule has 3 N–H and O–H groups in total. The van der Waals surface area contributed by atoms with Crippen molar-refractivity contribution in [3.8, 4) is 0 Å². The summed E-state index contributed by atoms with van der Waals surface area (Å²) in [5.74, 6) is 1.46. The number of pyridine rings is 1. The number of nitrogens with zero attached hydrogens (tertiary/aromatic N) is 2. The van der Waals surface area contributed by atoms with Crippen LogP contribution in [0.2, 0.25) is 0 Å². The lowest BCUT2D eigenvalue weighted by molar-refractivity contribution is 0.357. The van der Waals surface area contributed by atoms with Crippen molar-refractivity contribution in [2.45, 2.75) is 20.3 Å². The van der Waals surface area contributed by atoms with Crippen molar-refractivity contribution < 1.29 is 0 Å². The average molecular weight is 232 g/mol. The van der Waals surface area contributed by atoms with Crippen molar-refractivity contribution in [3.63, 3.8) is 0 Å². The molecule has 2 rings (SSSR count). The first-order chi connectivity index (χ1) is 8.06. The zero-order valence-corrected chi connectivity index (χ0v) is 10.5. The highest BCUT2D eigenvalue weighted by atomic mass is 15.1. The molecule has 0 radical (unpaired) electrons. The van der Waals surface area contributed by atoms with Crippen molar-refractivity contribution in [2.24, 2.45) is 17.6 Å². The minimum absolute atomic E-state index is 0.0324. The number of rotatable bonds is 2. The van der Waals surface area contributed by atoms with E-state index in [1.807, 2.05) is 12.1 Å². The van der Waals surface area contributed by atoms with Crippen LogP contribution < -0.4 is 10.6 Å². The van der Waals surface area contributed by atoms with E-state index < -0.39 is 0 Å². The molecule has 2 unspecified atom stereocenters. The standard InChI is InChI=1S/C13H20N4/c1-9-5-10(2)8-17(7-9)11-3-4-16-12(6-11)13(14)15/h3-4,6,9-10H,5,7-8H2,1-2H3,(H3,14,15). The van der Waals surface area contributed by atoms with Gasteiger partial charge in [-0.25, -0.2) is 0 Å². The van der Waals surface area contributed by atoms with Gasteiger partial charge in [0.05, 0.1) is 0 Å². The number of nitrogen functional groups attached to an aromatic ring is 1. The third kappa shape index (κ3) is 2.75. The van der Waals surface area contributed by atoms with Gasteiger partial charge in [-0.05, 0) is 30.4 Å². The van der Waals surface area contributed by atoms with Gasteiger partial charge in [-0.3, -0.25) is 10.4 Å². The number of nitrogens with one attached hydrogen (secondary N) is 1. The van der Waals surface area contributed by atoms with Crippen molar-refractivity contribution in [1.29, 1.82) is 5.41 Å². The Balaban J connectivity index is 2.21. The smallest absolute Gasteiger partial charge is 0.141 e. The summed E-state index contributed by atoms with van der Waals surface area (Å²) in [4.78, 5) is 6.46. The molecule has 1 saturated heterocycles. The number of hydrogen-bond donors (Lipinski definition) is 2. The first-order valence-corrected chi connectivity index (χ1v) is 6.11. The molecule has 0 aliphatic carbocycles. The summed E-state index contributed by atoms with van der Waals surface area (Å²) in [5.41, 5.74) is 7.16. The molecule has 4 heteroatoms. The summed E-state index contributed by atoms with van der Waals surface area (Å²) in [5, 5.41) is 7.42. The Bertz CT molecular complexity index is 406.